The Morgan fingerprint density at radius 3 is 1.86 bits per heavy atom. The van der Waals surface area contributed by atoms with Crippen LogP contribution in [0.15, 0.2) is 53.0 Å². The first kappa shape index (κ1) is 53.2. The molecule has 1 unspecified atom stereocenters. The van der Waals surface area contributed by atoms with Crippen LogP contribution in [0, 0.1) is 13.8 Å². The number of unbranched alkanes of at least 4 members (excludes halogenated alkanes) is 7. The van der Waals surface area contributed by atoms with Crippen LogP contribution in [-0.2, 0) is 45.5 Å². The van der Waals surface area contributed by atoms with Crippen LogP contribution in [-0.4, -0.2) is 71.7 Å². The molecule has 58 heavy (non-hydrogen) atoms. The van der Waals surface area contributed by atoms with E-state index in [1.54, 1.807) is 0 Å². The summed E-state index contributed by atoms with van der Waals surface area (Å²) in [6.07, 6.45) is 28.8. The normalized spacial score (nSPS) is 14.8. The molecule has 332 valence electrons. The molecule has 0 aliphatic rings. The van der Waals surface area contributed by atoms with Gasteiger partial charge in [0.15, 0.2) is 6.10 Å². The van der Waals surface area contributed by atoms with Crippen LogP contribution in [0.2, 0.25) is 0 Å². The van der Waals surface area contributed by atoms with Crippen molar-refractivity contribution >= 4 is 19.8 Å². The van der Waals surface area contributed by atoms with E-state index >= 15 is 0 Å². The van der Waals surface area contributed by atoms with Gasteiger partial charge in [-0.3, -0.25) is 18.6 Å². The van der Waals surface area contributed by atoms with Gasteiger partial charge in [0, 0.05) is 32.2 Å². The second kappa shape index (κ2) is 33.9. The van der Waals surface area contributed by atoms with Crippen LogP contribution in [0.25, 0.3) is 0 Å². The van der Waals surface area contributed by atoms with E-state index in [9.17, 15) is 29.3 Å². The van der Waals surface area contributed by atoms with Gasteiger partial charge >= 0.3 is 19.8 Å². The fourth-order valence-electron chi connectivity index (χ4n) is 6.06. The van der Waals surface area contributed by atoms with E-state index in [-0.39, 0.29) is 51.9 Å². The average molecular weight is 838 g/mol. The zero-order chi connectivity index (χ0) is 42.9. The molecule has 0 radical (unpaired) electrons. The molecule has 0 aliphatic carbocycles. The molecule has 0 fully saturated rings. The van der Waals surface area contributed by atoms with E-state index < -0.39 is 44.7 Å². The van der Waals surface area contributed by atoms with E-state index in [0.29, 0.717) is 6.42 Å². The molecule has 1 heterocycles. The summed E-state index contributed by atoms with van der Waals surface area (Å²) in [5.41, 5.74) is 7.93. The van der Waals surface area contributed by atoms with E-state index in [4.69, 9.17) is 28.7 Å². The van der Waals surface area contributed by atoms with Crippen LogP contribution in [0.5, 0.6) is 0 Å². The minimum Gasteiger partial charge on any atom is -0.466 e. The number of rotatable bonds is 36. The lowest BCUT2D eigenvalue weighted by molar-refractivity contribution is -0.161. The van der Waals surface area contributed by atoms with Crippen molar-refractivity contribution in [3.8, 4) is 0 Å². The van der Waals surface area contributed by atoms with Crippen LogP contribution in [0.3, 0.4) is 0 Å². The highest BCUT2D eigenvalue weighted by atomic mass is 31.2. The van der Waals surface area contributed by atoms with Crippen LogP contribution in [0.4, 0.5) is 0 Å². The molecule has 0 saturated heterocycles. The highest BCUT2D eigenvalue weighted by molar-refractivity contribution is 7.47. The molecule has 1 rings (SSSR count). The summed E-state index contributed by atoms with van der Waals surface area (Å²) in [7, 11) is -4.47. The zero-order valence-electron chi connectivity index (χ0n) is 36.0. The van der Waals surface area contributed by atoms with Crippen molar-refractivity contribution in [1.29, 1.82) is 0 Å². The first-order valence-electron chi connectivity index (χ1n) is 21.6. The molecule has 1 aromatic rings. The smallest absolute Gasteiger partial charge is 0.466 e. The largest absolute Gasteiger partial charge is 0.472 e. The van der Waals surface area contributed by atoms with Gasteiger partial charge in [-0.1, -0.05) is 101 Å². The van der Waals surface area contributed by atoms with Crippen molar-refractivity contribution in [1.82, 2.24) is 0 Å². The molecule has 0 bridgehead atoms. The number of allylic oxidation sites excluding steroid dienone is 7. The highest BCUT2D eigenvalue weighted by Crippen LogP contribution is 2.43. The van der Waals surface area contributed by atoms with Gasteiger partial charge in [-0.25, -0.2) is 4.57 Å². The van der Waals surface area contributed by atoms with Crippen molar-refractivity contribution in [2.45, 2.75) is 174 Å². The Morgan fingerprint density at radius 1 is 0.707 bits per heavy atom. The standard InChI is InChI=1S/C45H76NO11P/c1-5-7-8-9-10-11-12-13-14-17-20-23-28-40(47)41(48)29-26-32-45(50)56-39(36-55-58(51,52)54-34-33-46)35-53-44(49)31-25-22-19-16-15-18-21-24-30-43-38(4)37(3)42(57-43)27-6-2/h7-8,10-11,13-14,20,23,39-41,47-48H,5-6,9,12,15-19,21-22,24-36,46H2,1-4H3,(H,51,52)/b8-7-,11-10-,14-13-,23-20-/t39-,40-,41-/m1/s1. The van der Waals surface area contributed by atoms with Gasteiger partial charge in [-0.2, -0.15) is 0 Å². The average Bonchev–Trinajstić information content (AvgIpc) is 3.46. The van der Waals surface area contributed by atoms with Gasteiger partial charge in [0.2, 0.25) is 0 Å². The molecule has 12 nitrogen and oxygen atoms in total. The number of carbonyl (C=O) groups excluding carboxylic acids is 2. The first-order valence-corrected chi connectivity index (χ1v) is 23.1. The summed E-state index contributed by atoms with van der Waals surface area (Å²) in [5.74, 6) is 1.12. The fraction of sp³-hybridized carbons (Fsp3) is 0.689. The summed E-state index contributed by atoms with van der Waals surface area (Å²) in [4.78, 5) is 35.0. The Bertz CT molecular complexity index is 1400. The summed E-state index contributed by atoms with van der Waals surface area (Å²) >= 11 is 0. The van der Waals surface area contributed by atoms with Crippen molar-refractivity contribution in [2.24, 2.45) is 5.73 Å². The lowest BCUT2D eigenvalue weighted by atomic mass is 10.0. The van der Waals surface area contributed by atoms with Gasteiger partial charge in [0.25, 0.3) is 0 Å². The van der Waals surface area contributed by atoms with Gasteiger partial charge in [-0.05, 0) is 89.2 Å². The summed E-state index contributed by atoms with van der Waals surface area (Å²) < 4.78 is 38.7. The predicted octanol–water partition coefficient (Wildman–Crippen LogP) is 9.54. The number of phosphoric ester groups is 1. The number of aryl methyl sites for hydroxylation is 2. The summed E-state index contributed by atoms with van der Waals surface area (Å²) in [6.45, 7) is 7.45. The van der Waals surface area contributed by atoms with Gasteiger partial charge in [0.05, 0.1) is 25.4 Å². The molecular weight excluding hydrogens is 761 g/mol. The summed E-state index contributed by atoms with van der Waals surface area (Å²) in [5, 5.41) is 20.7. The third kappa shape index (κ3) is 27.0. The molecule has 0 spiro atoms. The third-order valence-corrected chi connectivity index (χ3v) is 10.6. The lowest BCUT2D eigenvalue weighted by Crippen LogP contribution is -2.30. The third-order valence-electron chi connectivity index (χ3n) is 9.60. The molecule has 0 aliphatic heterocycles. The predicted molar refractivity (Wildman–Crippen MR) is 230 cm³/mol. The molecule has 1 aromatic heterocycles. The number of hydrogen-bond acceptors (Lipinski definition) is 11. The van der Waals surface area contributed by atoms with Crippen LogP contribution in [0.1, 0.15) is 152 Å². The van der Waals surface area contributed by atoms with Crippen LogP contribution < -0.4 is 5.73 Å². The Labute approximate surface area is 348 Å². The van der Waals surface area contributed by atoms with Gasteiger partial charge < -0.3 is 34.7 Å². The number of phosphoric acid groups is 1. The number of esters is 2. The lowest BCUT2D eigenvalue weighted by Gasteiger charge is -2.20. The van der Waals surface area contributed by atoms with Crippen LogP contribution >= 0.6 is 7.82 Å². The minimum atomic E-state index is -4.47. The molecular formula is C45H76NO11P. The molecule has 0 amide bonds. The number of aliphatic hydroxyl groups excluding tert-OH is 2. The molecule has 5 N–H and O–H groups in total. The number of furan rings is 1. The second-order valence-electron chi connectivity index (χ2n) is 14.7. The zero-order valence-corrected chi connectivity index (χ0v) is 36.8. The van der Waals surface area contributed by atoms with Crippen molar-refractivity contribution in [3.05, 3.63) is 71.3 Å². The topological polar surface area (TPSA) is 188 Å². The molecule has 4 atom stereocenters. The van der Waals surface area contributed by atoms with E-state index in [1.165, 1.54) is 11.1 Å². The van der Waals surface area contributed by atoms with Crippen molar-refractivity contribution in [2.75, 3.05) is 26.4 Å². The minimum absolute atomic E-state index is 0.000172. The Balaban J connectivity index is 2.36. The maximum atomic E-state index is 12.6. The maximum Gasteiger partial charge on any atom is 0.472 e. The fourth-order valence-corrected chi connectivity index (χ4v) is 6.83. The van der Waals surface area contributed by atoms with Gasteiger partial charge in [0.1, 0.15) is 18.1 Å². The number of aliphatic hydroxyl groups is 2. The second-order valence-corrected chi connectivity index (χ2v) is 16.2. The molecule has 0 saturated carbocycles. The quantitative estimate of drug-likeness (QED) is 0.0217. The number of hydrogen-bond donors (Lipinski definition) is 4. The molecule has 13 heteroatoms. The van der Waals surface area contributed by atoms with E-state index in [0.717, 1.165) is 101 Å². The Morgan fingerprint density at radius 2 is 1.26 bits per heavy atom. The number of nitrogens with two attached hydrogens (primary N) is 1. The maximum absolute atomic E-state index is 12.6. The monoisotopic (exact) mass is 838 g/mol. The van der Waals surface area contributed by atoms with Crippen molar-refractivity contribution < 1.29 is 52.2 Å². The van der Waals surface area contributed by atoms with Gasteiger partial charge in [-0.15, -0.1) is 0 Å². The highest BCUT2D eigenvalue weighted by Gasteiger charge is 2.26. The Kier molecular flexibility index (Phi) is 31.1. The van der Waals surface area contributed by atoms with E-state index in [2.05, 4.69) is 58.1 Å². The summed E-state index contributed by atoms with van der Waals surface area (Å²) in [6, 6.07) is 0. The van der Waals surface area contributed by atoms with E-state index in [1.807, 2.05) is 18.2 Å². The first-order chi connectivity index (χ1) is 27.9. The SMILES string of the molecule is CC/C=C\C/C=C\C/C=C\C/C=C\C[C@@H](O)[C@H](O)CCCC(=O)O[C@H](COC(=O)CCCCCCCCCCc1oc(CCC)c(C)c1C)COP(=O)(O)OCCN. The number of carbonyl (C=O) groups is 2. The van der Waals surface area contributed by atoms with Crippen molar-refractivity contribution in [3.63, 3.8) is 0 Å². The Hall–Kier alpha value is -2.83. The molecule has 0 aromatic carbocycles. The number of ether oxygens (including phenoxy) is 2.